The number of hydrogen-bond donors (Lipinski definition) is 0. The summed E-state index contributed by atoms with van der Waals surface area (Å²) in [5.41, 5.74) is -0.788. The molecule has 1 heterocycles. The lowest BCUT2D eigenvalue weighted by Gasteiger charge is -2.07. The monoisotopic (exact) mass is 386 g/mol. The maximum Gasteiger partial charge on any atom is 0.586 e. The van der Waals surface area contributed by atoms with Crippen LogP contribution in [0, 0.1) is 0 Å². The van der Waals surface area contributed by atoms with Crippen LogP contribution < -0.4 is 9.47 Å². The number of hydrogen-bond acceptors (Lipinski definition) is 4. The fourth-order valence-corrected chi connectivity index (χ4v) is 2.48. The zero-order chi connectivity index (χ0) is 19.8. The van der Waals surface area contributed by atoms with Gasteiger partial charge in [0, 0.05) is 24.0 Å². The van der Waals surface area contributed by atoms with Crippen LogP contribution in [0.25, 0.3) is 0 Å². The summed E-state index contributed by atoms with van der Waals surface area (Å²) >= 11 is 0. The number of ketones is 2. The van der Waals surface area contributed by atoms with Gasteiger partial charge in [0.25, 0.3) is 0 Å². The smallest absolute Gasteiger partial charge is 0.395 e. The second-order valence-corrected chi connectivity index (χ2v) is 5.75. The molecule has 0 bridgehead atoms. The summed E-state index contributed by atoms with van der Waals surface area (Å²) in [5.74, 6) is -1.52. The van der Waals surface area contributed by atoms with Crippen LogP contribution in [0.5, 0.6) is 11.5 Å². The minimum absolute atomic E-state index is 0.0427. The SMILES string of the molecule is O=C(CCC(=O)c1ccc2c(c1)OC(F)(F)O2)c1ccc(C(F)(F)F)cc1. The van der Waals surface area contributed by atoms with Gasteiger partial charge < -0.3 is 9.47 Å². The van der Waals surface area contributed by atoms with Gasteiger partial charge in [-0.25, -0.2) is 0 Å². The van der Waals surface area contributed by atoms with Crippen LogP contribution in [0.15, 0.2) is 42.5 Å². The van der Waals surface area contributed by atoms with Crippen LogP contribution in [0.2, 0.25) is 0 Å². The minimum Gasteiger partial charge on any atom is -0.395 e. The fourth-order valence-electron chi connectivity index (χ4n) is 2.48. The predicted octanol–water partition coefficient (Wildman–Crippen LogP) is 4.87. The molecule has 27 heavy (non-hydrogen) atoms. The number of rotatable bonds is 5. The molecule has 0 amide bonds. The number of carbonyl (C=O) groups excluding carboxylic acids is 2. The van der Waals surface area contributed by atoms with Crippen LogP contribution in [0.4, 0.5) is 22.0 Å². The molecular weight excluding hydrogens is 375 g/mol. The van der Waals surface area contributed by atoms with E-state index in [0.29, 0.717) is 0 Å². The average molecular weight is 386 g/mol. The van der Waals surface area contributed by atoms with Crippen LogP contribution in [-0.2, 0) is 6.18 Å². The Labute approximate surface area is 149 Å². The Morgan fingerprint density at radius 1 is 0.815 bits per heavy atom. The number of ether oxygens (including phenoxy) is 2. The Morgan fingerprint density at radius 2 is 1.33 bits per heavy atom. The van der Waals surface area contributed by atoms with Crippen molar-refractivity contribution >= 4 is 11.6 Å². The van der Waals surface area contributed by atoms with Crippen LogP contribution in [-0.4, -0.2) is 17.9 Å². The number of fused-ring (bicyclic) bond motifs is 1. The van der Waals surface area contributed by atoms with Crippen molar-refractivity contribution in [3.05, 3.63) is 59.2 Å². The molecule has 0 fully saturated rings. The van der Waals surface area contributed by atoms with E-state index in [-0.39, 0.29) is 35.5 Å². The van der Waals surface area contributed by atoms with Crippen molar-refractivity contribution in [2.75, 3.05) is 0 Å². The third-order valence-corrected chi connectivity index (χ3v) is 3.84. The largest absolute Gasteiger partial charge is 0.586 e. The van der Waals surface area contributed by atoms with E-state index in [4.69, 9.17) is 0 Å². The third-order valence-electron chi connectivity index (χ3n) is 3.84. The lowest BCUT2D eigenvalue weighted by atomic mass is 10.0. The molecule has 0 spiro atoms. The van der Waals surface area contributed by atoms with Crippen LogP contribution in [0.1, 0.15) is 39.1 Å². The Bertz CT molecular complexity index is 888. The van der Waals surface area contributed by atoms with E-state index in [1.54, 1.807) is 0 Å². The lowest BCUT2D eigenvalue weighted by molar-refractivity contribution is -0.286. The lowest BCUT2D eigenvalue weighted by Crippen LogP contribution is -2.25. The third kappa shape index (κ3) is 4.24. The van der Waals surface area contributed by atoms with Gasteiger partial charge in [-0.3, -0.25) is 9.59 Å². The number of alkyl halides is 5. The first-order chi connectivity index (χ1) is 12.5. The Morgan fingerprint density at radius 3 is 1.93 bits per heavy atom. The molecule has 0 radical (unpaired) electrons. The molecule has 2 aromatic carbocycles. The van der Waals surface area contributed by atoms with Crippen molar-refractivity contribution in [3.8, 4) is 11.5 Å². The molecule has 0 atom stereocenters. The van der Waals surface area contributed by atoms with Gasteiger partial charge in [-0.1, -0.05) is 12.1 Å². The van der Waals surface area contributed by atoms with Crippen molar-refractivity contribution in [2.45, 2.75) is 25.3 Å². The van der Waals surface area contributed by atoms with Crippen molar-refractivity contribution in [3.63, 3.8) is 0 Å². The number of carbonyl (C=O) groups is 2. The minimum atomic E-state index is -4.51. The van der Waals surface area contributed by atoms with E-state index in [2.05, 4.69) is 9.47 Å². The molecule has 0 unspecified atom stereocenters. The molecule has 1 aliphatic heterocycles. The summed E-state index contributed by atoms with van der Waals surface area (Å²) in [5, 5.41) is 0. The molecule has 0 saturated carbocycles. The van der Waals surface area contributed by atoms with Gasteiger partial charge in [-0.15, -0.1) is 8.78 Å². The highest BCUT2D eigenvalue weighted by Gasteiger charge is 2.43. The standard InChI is InChI=1S/C18H11F5O4/c19-17(20,21)12-4-1-10(2-5-12)13(24)6-7-14(25)11-3-8-15-16(9-11)27-18(22,23)26-15/h1-5,8-9H,6-7H2. The van der Waals surface area contributed by atoms with Gasteiger partial charge in [0.15, 0.2) is 23.1 Å². The number of benzene rings is 2. The van der Waals surface area contributed by atoms with Crippen molar-refractivity contribution in [2.24, 2.45) is 0 Å². The van der Waals surface area contributed by atoms with E-state index >= 15 is 0 Å². The quantitative estimate of drug-likeness (QED) is 0.543. The molecule has 0 saturated heterocycles. The second kappa shape index (κ2) is 6.64. The van der Waals surface area contributed by atoms with Gasteiger partial charge in [0.1, 0.15) is 0 Å². The fraction of sp³-hybridized carbons (Fsp3) is 0.222. The molecular formula is C18H11F5O4. The Kier molecular flexibility index (Phi) is 4.63. The molecule has 0 aliphatic carbocycles. The van der Waals surface area contributed by atoms with Crippen LogP contribution >= 0.6 is 0 Å². The summed E-state index contributed by atoms with van der Waals surface area (Å²) in [6.45, 7) is 0. The average Bonchev–Trinajstić information content (AvgIpc) is 2.91. The molecule has 4 nitrogen and oxygen atoms in total. The van der Waals surface area contributed by atoms with E-state index in [1.165, 1.54) is 6.07 Å². The molecule has 1 aliphatic rings. The van der Waals surface area contributed by atoms with E-state index in [1.807, 2.05) is 0 Å². The summed E-state index contributed by atoms with van der Waals surface area (Å²) < 4.78 is 71.9. The van der Waals surface area contributed by atoms with Gasteiger partial charge in [0.05, 0.1) is 5.56 Å². The Hall–Kier alpha value is -2.97. The zero-order valence-electron chi connectivity index (χ0n) is 13.5. The van der Waals surface area contributed by atoms with E-state index < -0.39 is 29.6 Å². The Balaban J connectivity index is 1.62. The predicted molar refractivity (Wildman–Crippen MR) is 82.0 cm³/mol. The van der Waals surface area contributed by atoms with Gasteiger partial charge >= 0.3 is 12.5 Å². The molecule has 0 N–H and O–H groups in total. The number of Topliss-reactive ketones (excluding diaryl/α,β-unsaturated/α-hetero) is 2. The molecule has 3 rings (SSSR count). The topological polar surface area (TPSA) is 52.6 Å². The maximum absolute atomic E-state index is 13.0. The van der Waals surface area contributed by atoms with Gasteiger partial charge in [-0.2, -0.15) is 13.2 Å². The van der Waals surface area contributed by atoms with E-state index in [0.717, 1.165) is 36.4 Å². The van der Waals surface area contributed by atoms with Crippen LogP contribution in [0.3, 0.4) is 0 Å². The highest BCUT2D eigenvalue weighted by molar-refractivity contribution is 6.02. The van der Waals surface area contributed by atoms with Crippen molar-refractivity contribution in [1.82, 2.24) is 0 Å². The van der Waals surface area contributed by atoms with E-state index in [9.17, 15) is 31.5 Å². The molecule has 0 aromatic heterocycles. The highest BCUT2D eigenvalue weighted by Crippen LogP contribution is 2.41. The highest BCUT2D eigenvalue weighted by atomic mass is 19.4. The first kappa shape index (κ1) is 18.8. The summed E-state index contributed by atoms with van der Waals surface area (Å²) in [4.78, 5) is 24.2. The summed E-state index contributed by atoms with van der Waals surface area (Å²) in [7, 11) is 0. The normalized spacial score (nSPS) is 14.9. The van der Waals surface area contributed by atoms with Gasteiger partial charge in [0.2, 0.25) is 0 Å². The first-order valence-corrected chi connectivity index (χ1v) is 7.69. The molecule has 142 valence electrons. The van der Waals surface area contributed by atoms with Gasteiger partial charge in [-0.05, 0) is 30.3 Å². The summed E-state index contributed by atoms with van der Waals surface area (Å²) in [6, 6.07) is 7.15. The molecule has 2 aromatic rings. The summed E-state index contributed by atoms with van der Waals surface area (Å²) in [6.07, 6.45) is -8.79. The van der Waals surface area contributed by atoms with Crippen molar-refractivity contribution < 1.29 is 41.0 Å². The molecule has 9 heteroatoms. The van der Waals surface area contributed by atoms with Crippen molar-refractivity contribution in [1.29, 1.82) is 0 Å². The zero-order valence-corrected chi connectivity index (χ0v) is 13.5. The number of halogens is 5. The maximum atomic E-state index is 13.0. The first-order valence-electron chi connectivity index (χ1n) is 7.69. The second-order valence-electron chi connectivity index (χ2n) is 5.75.